The van der Waals surface area contributed by atoms with Gasteiger partial charge >= 0.3 is 0 Å². The average molecular weight is 141 g/mol. The fraction of sp³-hybridized carbons (Fsp3) is 0.625. The molecule has 0 aliphatic heterocycles. The van der Waals surface area contributed by atoms with E-state index in [1.165, 1.54) is 0 Å². The predicted molar refractivity (Wildman–Crippen MR) is 44.2 cm³/mol. The Morgan fingerprint density at radius 3 is 2.80 bits per heavy atom. The molecule has 1 N–H and O–H groups in total. The van der Waals surface area contributed by atoms with Crippen molar-refractivity contribution in [2.24, 2.45) is 4.99 Å². The Hall–Kier alpha value is -0.630. The second-order valence-corrected chi connectivity index (χ2v) is 2.21. The van der Waals surface area contributed by atoms with E-state index < -0.39 is 0 Å². The number of aliphatic imine (C=N–C) groups is 1. The van der Waals surface area contributed by atoms with Crippen LogP contribution in [0.25, 0.3) is 0 Å². The van der Waals surface area contributed by atoms with E-state index in [9.17, 15) is 0 Å². The largest absolute Gasteiger partial charge is 0.393 e. The van der Waals surface area contributed by atoms with Crippen LogP contribution in [0.5, 0.6) is 0 Å². The van der Waals surface area contributed by atoms with Crippen molar-refractivity contribution in [1.82, 2.24) is 0 Å². The van der Waals surface area contributed by atoms with E-state index in [0.717, 1.165) is 6.42 Å². The first-order chi connectivity index (χ1) is 4.77. The Morgan fingerprint density at radius 1 is 1.60 bits per heavy atom. The molecular weight excluding hydrogens is 126 g/mol. The quantitative estimate of drug-likeness (QED) is 0.594. The van der Waals surface area contributed by atoms with Gasteiger partial charge in [-0.2, -0.15) is 0 Å². The Bertz CT molecular complexity index is 116. The Kier molecular flexibility index (Phi) is 6.08. The molecule has 0 saturated heterocycles. The van der Waals surface area contributed by atoms with Gasteiger partial charge in [-0.3, -0.25) is 4.99 Å². The zero-order chi connectivity index (χ0) is 7.82. The van der Waals surface area contributed by atoms with Crippen molar-refractivity contribution in [2.75, 3.05) is 0 Å². The lowest BCUT2D eigenvalue weighted by molar-refractivity contribution is 0.198. The summed E-state index contributed by atoms with van der Waals surface area (Å²) >= 11 is 0. The van der Waals surface area contributed by atoms with Crippen molar-refractivity contribution in [3.8, 4) is 0 Å². The van der Waals surface area contributed by atoms with E-state index in [0.29, 0.717) is 6.42 Å². The van der Waals surface area contributed by atoms with Gasteiger partial charge in [0.05, 0.1) is 6.10 Å². The van der Waals surface area contributed by atoms with E-state index in [1.807, 2.05) is 19.2 Å². The fourth-order valence-corrected chi connectivity index (χ4v) is 0.485. The van der Waals surface area contributed by atoms with Crippen LogP contribution >= 0.6 is 0 Å². The van der Waals surface area contributed by atoms with Crippen LogP contribution < -0.4 is 0 Å². The molecule has 2 heteroatoms. The first kappa shape index (κ1) is 9.37. The summed E-state index contributed by atoms with van der Waals surface area (Å²) in [7, 11) is 0. The van der Waals surface area contributed by atoms with Gasteiger partial charge in [-0.25, -0.2) is 0 Å². The summed E-state index contributed by atoms with van der Waals surface area (Å²) in [6, 6.07) is 0. The highest BCUT2D eigenvalue weighted by Gasteiger charge is 1.86. The molecule has 0 aromatic heterocycles. The molecule has 1 atom stereocenters. The molecule has 0 radical (unpaired) electrons. The molecule has 2 nitrogen and oxygen atoms in total. The SMILES string of the molecule is CCC=N/C=C\CC(C)O. The van der Waals surface area contributed by atoms with Crippen molar-refractivity contribution in [2.45, 2.75) is 32.8 Å². The van der Waals surface area contributed by atoms with Gasteiger partial charge in [-0.15, -0.1) is 0 Å². The minimum atomic E-state index is -0.256. The smallest absolute Gasteiger partial charge is 0.0547 e. The van der Waals surface area contributed by atoms with Crippen LogP contribution in [0.15, 0.2) is 17.3 Å². The summed E-state index contributed by atoms with van der Waals surface area (Å²) < 4.78 is 0. The van der Waals surface area contributed by atoms with Crippen LogP contribution in [0.3, 0.4) is 0 Å². The van der Waals surface area contributed by atoms with Gasteiger partial charge in [0.1, 0.15) is 0 Å². The molecule has 0 spiro atoms. The molecule has 0 rings (SSSR count). The predicted octanol–water partition coefficient (Wildman–Crippen LogP) is 1.75. The lowest BCUT2D eigenvalue weighted by atomic mass is 10.3. The maximum atomic E-state index is 8.81. The van der Waals surface area contributed by atoms with Crippen LogP contribution in [0, 0.1) is 0 Å². The van der Waals surface area contributed by atoms with Crippen LogP contribution in [0.2, 0.25) is 0 Å². The lowest BCUT2D eigenvalue weighted by Crippen LogP contribution is -1.94. The highest BCUT2D eigenvalue weighted by molar-refractivity contribution is 5.57. The van der Waals surface area contributed by atoms with Gasteiger partial charge in [0, 0.05) is 12.4 Å². The normalized spacial score (nSPS) is 15.1. The van der Waals surface area contributed by atoms with Gasteiger partial charge in [-0.1, -0.05) is 13.0 Å². The van der Waals surface area contributed by atoms with Gasteiger partial charge in [0.15, 0.2) is 0 Å². The van der Waals surface area contributed by atoms with Crippen LogP contribution in [0.4, 0.5) is 0 Å². The number of nitrogens with zero attached hydrogens (tertiary/aromatic N) is 1. The fourth-order valence-electron chi connectivity index (χ4n) is 0.485. The molecule has 10 heavy (non-hydrogen) atoms. The van der Waals surface area contributed by atoms with Gasteiger partial charge < -0.3 is 5.11 Å². The number of aliphatic hydroxyl groups is 1. The van der Waals surface area contributed by atoms with E-state index >= 15 is 0 Å². The number of rotatable bonds is 4. The van der Waals surface area contributed by atoms with E-state index in [1.54, 1.807) is 13.1 Å². The number of hydrogen-bond donors (Lipinski definition) is 1. The summed E-state index contributed by atoms with van der Waals surface area (Å²) in [4.78, 5) is 3.95. The molecule has 0 aliphatic carbocycles. The topological polar surface area (TPSA) is 32.6 Å². The van der Waals surface area contributed by atoms with E-state index in [2.05, 4.69) is 4.99 Å². The van der Waals surface area contributed by atoms with Crippen LogP contribution in [-0.4, -0.2) is 17.4 Å². The molecule has 0 saturated carbocycles. The van der Waals surface area contributed by atoms with Gasteiger partial charge in [-0.05, 0) is 19.8 Å². The summed E-state index contributed by atoms with van der Waals surface area (Å²) in [6.45, 7) is 3.79. The zero-order valence-electron chi connectivity index (χ0n) is 6.62. The van der Waals surface area contributed by atoms with Crippen molar-refractivity contribution in [3.63, 3.8) is 0 Å². The maximum Gasteiger partial charge on any atom is 0.0547 e. The Labute approximate surface area is 62.3 Å². The molecule has 0 heterocycles. The summed E-state index contributed by atoms with van der Waals surface area (Å²) in [5.41, 5.74) is 0. The molecule has 58 valence electrons. The third-order valence-electron chi connectivity index (χ3n) is 0.957. The van der Waals surface area contributed by atoms with E-state index in [-0.39, 0.29) is 6.10 Å². The standard InChI is InChI=1S/C8H15NO/c1-3-6-9-7-4-5-8(2)10/h4,6-8,10H,3,5H2,1-2H3/b7-4-,9-6?. The molecule has 0 amide bonds. The molecule has 0 aromatic rings. The summed E-state index contributed by atoms with van der Waals surface area (Å²) in [5.74, 6) is 0. The van der Waals surface area contributed by atoms with Crippen LogP contribution in [-0.2, 0) is 0 Å². The second kappa shape index (κ2) is 6.49. The van der Waals surface area contributed by atoms with E-state index in [4.69, 9.17) is 5.11 Å². The number of hydrogen-bond acceptors (Lipinski definition) is 2. The Morgan fingerprint density at radius 2 is 2.30 bits per heavy atom. The minimum absolute atomic E-state index is 0.256. The molecule has 0 bridgehead atoms. The summed E-state index contributed by atoms with van der Waals surface area (Å²) in [5, 5.41) is 8.81. The third kappa shape index (κ3) is 7.37. The zero-order valence-corrected chi connectivity index (χ0v) is 6.62. The van der Waals surface area contributed by atoms with Crippen molar-refractivity contribution < 1.29 is 5.11 Å². The molecule has 0 fully saturated rings. The second-order valence-electron chi connectivity index (χ2n) is 2.21. The van der Waals surface area contributed by atoms with Crippen molar-refractivity contribution in [3.05, 3.63) is 12.3 Å². The van der Waals surface area contributed by atoms with Crippen molar-refractivity contribution >= 4 is 6.21 Å². The first-order valence-electron chi connectivity index (χ1n) is 3.62. The first-order valence-corrected chi connectivity index (χ1v) is 3.62. The average Bonchev–Trinajstić information content (AvgIpc) is 1.87. The molecule has 1 unspecified atom stereocenters. The lowest BCUT2D eigenvalue weighted by Gasteiger charge is -1.93. The van der Waals surface area contributed by atoms with Gasteiger partial charge in [0.25, 0.3) is 0 Å². The third-order valence-corrected chi connectivity index (χ3v) is 0.957. The minimum Gasteiger partial charge on any atom is -0.393 e. The van der Waals surface area contributed by atoms with Crippen molar-refractivity contribution in [1.29, 1.82) is 0 Å². The molecule has 0 aliphatic rings. The number of aliphatic hydroxyl groups excluding tert-OH is 1. The molecule has 0 aromatic carbocycles. The Balaban J connectivity index is 3.28. The van der Waals surface area contributed by atoms with Crippen LogP contribution in [0.1, 0.15) is 26.7 Å². The summed E-state index contributed by atoms with van der Waals surface area (Å²) in [6.07, 6.45) is 6.79. The molecular formula is C8H15NO. The highest BCUT2D eigenvalue weighted by atomic mass is 16.3. The van der Waals surface area contributed by atoms with Gasteiger partial charge in [0.2, 0.25) is 0 Å². The monoisotopic (exact) mass is 141 g/mol. The maximum absolute atomic E-state index is 8.81. The highest BCUT2D eigenvalue weighted by Crippen LogP contribution is 1.90.